The second kappa shape index (κ2) is 5.46. The molecule has 1 aliphatic carbocycles. The van der Waals surface area contributed by atoms with Crippen molar-refractivity contribution in [3.05, 3.63) is 41.7 Å². The van der Waals surface area contributed by atoms with Crippen LogP contribution in [0.5, 0.6) is 11.8 Å². The third-order valence-corrected chi connectivity index (χ3v) is 3.19. The number of hydrogen-bond donors (Lipinski definition) is 1. The molecule has 1 aromatic heterocycles. The highest BCUT2D eigenvalue weighted by molar-refractivity contribution is 6.32. The number of carbonyl (C=O) groups excluding carboxylic acids is 1. The molecular formula is C14H12ClN3O2. The lowest BCUT2D eigenvalue weighted by Crippen LogP contribution is -2.13. The van der Waals surface area contributed by atoms with E-state index in [-0.39, 0.29) is 17.8 Å². The van der Waals surface area contributed by atoms with Crippen LogP contribution in [0.4, 0.5) is 5.69 Å². The quantitative estimate of drug-likeness (QED) is 0.938. The predicted molar refractivity (Wildman–Crippen MR) is 74.9 cm³/mol. The van der Waals surface area contributed by atoms with Crippen LogP contribution in [0.3, 0.4) is 0 Å². The molecule has 1 N–H and O–H groups in total. The first kappa shape index (κ1) is 12.9. The first-order valence-corrected chi connectivity index (χ1v) is 6.65. The van der Waals surface area contributed by atoms with Gasteiger partial charge in [0.15, 0.2) is 0 Å². The fourth-order valence-electron chi connectivity index (χ4n) is 1.69. The van der Waals surface area contributed by atoms with Gasteiger partial charge in [0.2, 0.25) is 5.91 Å². The summed E-state index contributed by atoms with van der Waals surface area (Å²) in [5.41, 5.74) is 0.660. The van der Waals surface area contributed by atoms with Crippen LogP contribution in [0.2, 0.25) is 5.02 Å². The monoisotopic (exact) mass is 289 g/mol. The van der Waals surface area contributed by atoms with Crippen molar-refractivity contribution in [2.75, 3.05) is 5.32 Å². The Morgan fingerprint density at radius 1 is 1.30 bits per heavy atom. The Kier molecular flexibility index (Phi) is 3.52. The minimum absolute atomic E-state index is 0.0427. The third kappa shape index (κ3) is 3.05. The number of aromatic nitrogens is 2. The number of benzene rings is 1. The second-order valence-electron chi connectivity index (χ2n) is 4.54. The maximum atomic E-state index is 11.7. The van der Waals surface area contributed by atoms with E-state index in [2.05, 4.69) is 15.3 Å². The van der Waals surface area contributed by atoms with Gasteiger partial charge in [-0.1, -0.05) is 11.6 Å². The first-order chi connectivity index (χ1) is 9.72. The third-order valence-electron chi connectivity index (χ3n) is 2.89. The standard InChI is InChI=1S/C14H12ClN3O2/c15-11-8-10(18-13(19)9-2-3-9)4-5-12(11)20-14-16-6-1-7-17-14/h1,4-9H,2-3H2,(H,18,19). The van der Waals surface area contributed by atoms with Gasteiger partial charge in [0, 0.05) is 24.0 Å². The highest BCUT2D eigenvalue weighted by Crippen LogP contribution is 2.33. The van der Waals surface area contributed by atoms with Crippen molar-refractivity contribution in [2.24, 2.45) is 5.92 Å². The first-order valence-electron chi connectivity index (χ1n) is 6.27. The van der Waals surface area contributed by atoms with Gasteiger partial charge < -0.3 is 10.1 Å². The summed E-state index contributed by atoms with van der Waals surface area (Å²) in [7, 11) is 0. The van der Waals surface area contributed by atoms with Crippen LogP contribution in [-0.4, -0.2) is 15.9 Å². The average molecular weight is 290 g/mol. The number of nitrogens with zero attached hydrogens (tertiary/aromatic N) is 2. The molecule has 102 valence electrons. The summed E-state index contributed by atoms with van der Waals surface area (Å²) in [6.07, 6.45) is 5.10. The summed E-state index contributed by atoms with van der Waals surface area (Å²) < 4.78 is 5.46. The molecule has 0 unspecified atom stereocenters. The van der Waals surface area contributed by atoms with E-state index in [0.717, 1.165) is 12.8 Å². The zero-order chi connectivity index (χ0) is 13.9. The topological polar surface area (TPSA) is 64.1 Å². The zero-order valence-corrected chi connectivity index (χ0v) is 11.3. The van der Waals surface area contributed by atoms with Crippen LogP contribution >= 0.6 is 11.6 Å². The Hall–Kier alpha value is -2.14. The minimum atomic E-state index is 0.0427. The van der Waals surface area contributed by atoms with E-state index in [1.165, 1.54) is 0 Å². The predicted octanol–water partition coefficient (Wildman–Crippen LogP) is 3.27. The van der Waals surface area contributed by atoms with E-state index < -0.39 is 0 Å². The summed E-state index contributed by atoms with van der Waals surface area (Å²) in [6, 6.07) is 7.00. The Morgan fingerprint density at radius 3 is 2.70 bits per heavy atom. The highest BCUT2D eigenvalue weighted by Gasteiger charge is 2.29. The second-order valence-corrected chi connectivity index (χ2v) is 4.95. The molecule has 1 aliphatic rings. The summed E-state index contributed by atoms with van der Waals surface area (Å²) in [5, 5.41) is 3.22. The fourth-order valence-corrected chi connectivity index (χ4v) is 1.91. The van der Waals surface area contributed by atoms with Crippen molar-refractivity contribution in [1.29, 1.82) is 0 Å². The van der Waals surface area contributed by atoms with Crippen LogP contribution in [0.1, 0.15) is 12.8 Å². The van der Waals surface area contributed by atoms with Crippen molar-refractivity contribution < 1.29 is 9.53 Å². The molecule has 0 spiro atoms. The summed E-state index contributed by atoms with van der Waals surface area (Å²) in [5.74, 6) is 0.644. The minimum Gasteiger partial charge on any atom is -0.423 e. The van der Waals surface area contributed by atoms with Crippen molar-refractivity contribution >= 4 is 23.2 Å². The Balaban J connectivity index is 1.72. The number of nitrogens with one attached hydrogen (secondary N) is 1. The lowest BCUT2D eigenvalue weighted by molar-refractivity contribution is -0.117. The molecule has 20 heavy (non-hydrogen) atoms. The van der Waals surface area contributed by atoms with Crippen LogP contribution in [0.15, 0.2) is 36.7 Å². The molecule has 5 nitrogen and oxygen atoms in total. The summed E-state index contributed by atoms with van der Waals surface area (Å²) in [4.78, 5) is 19.6. The van der Waals surface area contributed by atoms with Crippen LogP contribution in [-0.2, 0) is 4.79 Å². The van der Waals surface area contributed by atoms with Gasteiger partial charge in [0.05, 0.1) is 5.02 Å². The number of hydrogen-bond acceptors (Lipinski definition) is 4. The molecule has 1 saturated carbocycles. The van der Waals surface area contributed by atoms with Crippen molar-refractivity contribution in [3.63, 3.8) is 0 Å². The Morgan fingerprint density at radius 2 is 2.05 bits per heavy atom. The number of carbonyl (C=O) groups is 1. The van der Waals surface area contributed by atoms with E-state index in [9.17, 15) is 4.79 Å². The molecule has 1 aromatic carbocycles. The molecule has 0 atom stereocenters. The van der Waals surface area contributed by atoms with Gasteiger partial charge in [-0.25, -0.2) is 9.97 Å². The van der Waals surface area contributed by atoms with E-state index in [4.69, 9.17) is 16.3 Å². The molecule has 0 saturated heterocycles. The van der Waals surface area contributed by atoms with E-state index in [1.807, 2.05) is 0 Å². The van der Waals surface area contributed by atoms with Gasteiger partial charge in [-0.3, -0.25) is 4.79 Å². The van der Waals surface area contributed by atoms with Crippen LogP contribution in [0.25, 0.3) is 0 Å². The van der Waals surface area contributed by atoms with Gasteiger partial charge in [-0.2, -0.15) is 0 Å². The van der Waals surface area contributed by atoms with E-state index in [1.54, 1.807) is 36.7 Å². The number of rotatable bonds is 4. The maximum Gasteiger partial charge on any atom is 0.321 e. The molecule has 3 rings (SSSR count). The average Bonchev–Trinajstić information content (AvgIpc) is 3.27. The molecule has 2 aromatic rings. The largest absolute Gasteiger partial charge is 0.423 e. The summed E-state index contributed by atoms with van der Waals surface area (Å²) in [6.45, 7) is 0. The number of amides is 1. The van der Waals surface area contributed by atoms with Crippen molar-refractivity contribution in [2.45, 2.75) is 12.8 Å². The fraction of sp³-hybridized carbons (Fsp3) is 0.214. The molecular weight excluding hydrogens is 278 g/mol. The van der Waals surface area contributed by atoms with Gasteiger partial charge in [-0.15, -0.1) is 0 Å². The van der Waals surface area contributed by atoms with Crippen LogP contribution < -0.4 is 10.1 Å². The lowest BCUT2D eigenvalue weighted by Gasteiger charge is -2.08. The zero-order valence-electron chi connectivity index (χ0n) is 10.5. The maximum absolute atomic E-state index is 11.7. The molecule has 1 heterocycles. The van der Waals surface area contributed by atoms with Crippen molar-refractivity contribution in [1.82, 2.24) is 9.97 Å². The number of halogens is 1. The van der Waals surface area contributed by atoms with Gasteiger partial charge >= 0.3 is 6.01 Å². The SMILES string of the molecule is O=C(Nc1ccc(Oc2ncccn2)c(Cl)c1)C1CC1. The van der Waals surface area contributed by atoms with E-state index >= 15 is 0 Å². The smallest absolute Gasteiger partial charge is 0.321 e. The van der Waals surface area contributed by atoms with Gasteiger partial charge in [0.25, 0.3) is 0 Å². The Labute approximate surface area is 121 Å². The number of ether oxygens (including phenoxy) is 1. The molecule has 1 amide bonds. The van der Waals surface area contributed by atoms with E-state index in [0.29, 0.717) is 16.5 Å². The Bertz CT molecular complexity index is 630. The molecule has 1 fully saturated rings. The van der Waals surface area contributed by atoms with Gasteiger partial charge in [0.1, 0.15) is 5.75 Å². The van der Waals surface area contributed by atoms with Crippen molar-refractivity contribution in [3.8, 4) is 11.8 Å². The molecule has 0 radical (unpaired) electrons. The molecule has 6 heteroatoms. The number of anilines is 1. The highest BCUT2D eigenvalue weighted by atomic mass is 35.5. The van der Waals surface area contributed by atoms with Crippen LogP contribution in [0, 0.1) is 5.92 Å². The summed E-state index contributed by atoms with van der Waals surface area (Å²) >= 11 is 6.13. The molecule has 0 aliphatic heterocycles. The van der Waals surface area contributed by atoms with Gasteiger partial charge in [-0.05, 0) is 37.1 Å². The normalized spacial score (nSPS) is 13.8. The molecule has 0 bridgehead atoms. The lowest BCUT2D eigenvalue weighted by atomic mass is 10.3.